The highest BCUT2D eigenvalue weighted by Crippen LogP contribution is 2.32. The average Bonchev–Trinajstić information content (AvgIpc) is 2.24. The predicted octanol–water partition coefficient (Wildman–Crippen LogP) is 3.12. The van der Waals surface area contributed by atoms with Crippen molar-refractivity contribution in [1.29, 1.82) is 0 Å². The third kappa shape index (κ3) is 3.71. The maximum Gasteiger partial charge on any atom is 0.313 e. The second-order valence-corrected chi connectivity index (χ2v) is 7.08. The molecule has 1 aliphatic carbocycles. The molecule has 0 aromatic heterocycles. The molecule has 0 bridgehead atoms. The summed E-state index contributed by atoms with van der Waals surface area (Å²) < 4.78 is 5.50. The molecule has 2 atom stereocenters. The molecule has 0 amide bonds. The summed E-state index contributed by atoms with van der Waals surface area (Å²) in [6.45, 7) is 10.3. The summed E-state index contributed by atoms with van der Waals surface area (Å²) in [6, 6.07) is 0. The Morgan fingerprint density at radius 2 is 1.89 bits per heavy atom. The number of carbonyl (C=O) groups excluding carboxylic acids is 1. The van der Waals surface area contributed by atoms with Crippen molar-refractivity contribution < 1.29 is 9.53 Å². The number of nitrogens with two attached hydrogens (primary N) is 1. The lowest BCUT2D eigenvalue weighted by molar-refractivity contribution is -0.159. The van der Waals surface area contributed by atoms with Gasteiger partial charge >= 0.3 is 5.97 Å². The molecule has 1 aliphatic rings. The van der Waals surface area contributed by atoms with Crippen molar-refractivity contribution in [2.24, 2.45) is 23.0 Å². The highest BCUT2D eigenvalue weighted by Gasteiger charge is 2.42. The monoisotopic (exact) mass is 255 g/mol. The van der Waals surface area contributed by atoms with Gasteiger partial charge in [-0.05, 0) is 52.4 Å². The number of carbonyl (C=O) groups is 1. The van der Waals surface area contributed by atoms with Gasteiger partial charge in [-0.1, -0.05) is 19.8 Å². The molecule has 106 valence electrons. The van der Waals surface area contributed by atoms with Crippen LogP contribution in [0.1, 0.15) is 60.3 Å². The molecule has 0 aromatic carbocycles. The van der Waals surface area contributed by atoms with Gasteiger partial charge in [-0.25, -0.2) is 0 Å². The van der Waals surface area contributed by atoms with Crippen LogP contribution in [-0.2, 0) is 9.53 Å². The summed E-state index contributed by atoms with van der Waals surface area (Å²) in [5.41, 5.74) is 4.83. The number of hydrogen-bond donors (Lipinski definition) is 1. The van der Waals surface area contributed by atoms with Gasteiger partial charge in [-0.3, -0.25) is 4.79 Å². The largest absolute Gasteiger partial charge is 0.465 e. The Kier molecular flexibility index (Phi) is 4.82. The summed E-state index contributed by atoms with van der Waals surface area (Å²) in [6.07, 6.45) is 4.94. The van der Waals surface area contributed by atoms with E-state index in [0.717, 1.165) is 5.92 Å². The molecule has 2 unspecified atom stereocenters. The predicted molar refractivity (Wildman–Crippen MR) is 74.1 cm³/mol. The molecule has 0 saturated heterocycles. The first kappa shape index (κ1) is 15.5. The van der Waals surface area contributed by atoms with Crippen molar-refractivity contribution in [2.75, 3.05) is 6.61 Å². The molecule has 1 saturated carbocycles. The van der Waals surface area contributed by atoms with Crippen molar-refractivity contribution in [3.8, 4) is 0 Å². The fourth-order valence-electron chi connectivity index (χ4n) is 2.35. The number of rotatable bonds is 4. The zero-order valence-corrected chi connectivity index (χ0v) is 12.6. The van der Waals surface area contributed by atoms with Gasteiger partial charge in [-0.2, -0.15) is 0 Å². The maximum atomic E-state index is 12.1. The molecule has 0 aromatic rings. The van der Waals surface area contributed by atoms with E-state index in [1.54, 1.807) is 0 Å². The summed E-state index contributed by atoms with van der Waals surface area (Å²) in [4.78, 5) is 12.1. The van der Waals surface area contributed by atoms with Crippen LogP contribution in [-0.4, -0.2) is 18.1 Å². The quantitative estimate of drug-likeness (QED) is 0.785. The first-order valence-electron chi connectivity index (χ1n) is 7.10. The van der Waals surface area contributed by atoms with Crippen LogP contribution >= 0.6 is 0 Å². The van der Waals surface area contributed by atoms with E-state index in [1.165, 1.54) is 25.7 Å². The van der Waals surface area contributed by atoms with E-state index in [-0.39, 0.29) is 5.97 Å². The standard InChI is InChI=1S/C15H29NO2/c1-11-7-6-8-12(9-11)10-18-13(17)14(2,3)15(4,5)16/h11-12H,6-10,16H2,1-5H3. The minimum atomic E-state index is -0.646. The fourth-order valence-corrected chi connectivity index (χ4v) is 2.35. The van der Waals surface area contributed by atoms with E-state index in [9.17, 15) is 4.79 Å². The van der Waals surface area contributed by atoms with Gasteiger partial charge in [0.2, 0.25) is 0 Å². The molecule has 18 heavy (non-hydrogen) atoms. The van der Waals surface area contributed by atoms with Crippen LogP contribution in [0.5, 0.6) is 0 Å². The molecule has 1 rings (SSSR count). The Bertz CT molecular complexity index is 291. The van der Waals surface area contributed by atoms with Crippen molar-refractivity contribution in [3.63, 3.8) is 0 Å². The van der Waals surface area contributed by atoms with Gasteiger partial charge in [0.15, 0.2) is 0 Å². The maximum absolute atomic E-state index is 12.1. The van der Waals surface area contributed by atoms with Crippen molar-refractivity contribution in [2.45, 2.75) is 65.8 Å². The zero-order valence-electron chi connectivity index (χ0n) is 12.6. The lowest BCUT2D eigenvalue weighted by atomic mass is 9.75. The Morgan fingerprint density at radius 3 is 2.39 bits per heavy atom. The van der Waals surface area contributed by atoms with Crippen molar-refractivity contribution in [3.05, 3.63) is 0 Å². The van der Waals surface area contributed by atoms with Crippen molar-refractivity contribution >= 4 is 5.97 Å². The van der Waals surface area contributed by atoms with Gasteiger partial charge in [-0.15, -0.1) is 0 Å². The lowest BCUT2D eigenvalue weighted by Crippen LogP contribution is -2.52. The molecule has 1 fully saturated rings. The second kappa shape index (κ2) is 5.60. The first-order chi connectivity index (χ1) is 8.14. The van der Waals surface area contributed by atoms with Crippen LogP contribution < -0.4 is 5.73 Å². The Hall–Kier alpha value is -0.570. The highest BCUT2D eigenvalue weighted by atomic mass is 16.5. The van der Waals surface area contributed by atoms with Gasteiger partial charge in [0.25, 0.3) is 0 Å². The molecular weight excluding hydrogens is 226 g/mol. The van der Waals surface area contributed by atoms with Crippen LogP contribution in [0, 0.1) is 17.3 Å². The molecule has 3 nitrogen and oxygen atoms in total. The number of ether oxygens (including phenoxy) is 1. The van der Waals surface area contributed by atoms with E-state index in [0.29, 0.717) is 12.5 Å². The molecule has 0 spiro atoms. The normalized spacial score (nSPS) is 25.9. The highest BCUT2D eigenvalue weighted by molar-refractivity contribution is 5.77. The SMILES string of the molecule is CC1CCCC(COC(=O)C(C)(C)C(C)(C)N)C1. The van der Waals surface area contributed by atoms with Crippen LogP contribution in [0.15, 0.2) is 0 Å². The second-order valence-electron chi connectivity index (χ2n) is 7.08. The first-order valence-corrected chi connectivity index (χ1v) is 7.10. The smallest absolute Gasteiger partial charge is 0.313 e. The fraction of sp³-hybridized carbons (Fsp3) is 0.933. The summed E-state index contributed by atoms with van der Waals surface area (Å²) in [7, 11) is 0. The van der Waals surface area contributed by atoms with Gasteiger partial charge in [0.05, 0.1) is 12.0 Å². The molecular formula is C15H29NO2. The van der Waals surface area contributed by atoms with Crippen LogP contribution in [0.4, 0.5) is 0 Å². The Labute approximate surface area is 111 Å². The summed E-state index contributed by atoms with van der Waals surface area (Å²) in [5, 5.41) is 0. The Morgan fingerprint density at radius 1 is 1.28 bits per heavy atom. The van der Waals surface area contributed by atoms with Gasteiger partial charge < -0.3 is 10.5 Å². The third-order valence-electron chi connectivity index (χ3n) is 4.62. The molecule has 2 N–H and O–H groups in total. The van der Waals surface area contributed by atoms with Crippen LogP contribution in [0.3, 0.4) is 0 Å². The average molecular weight is 255 g/mol. The zero-order chi connectivity index (χ0) is 14.0. The number of esters is 1. The molecule has 0 aliphatic heterocycles. The molecule has 0 radical (unpaired) electrons. The minimum absolute atomic E-state index is 0.173. The summed E-state index contributed by atoms with van der Waals surface area (Å²) >= 11 is 0. The van der Waals surface area contributed by atoms with E-state index >= 15 is 0 Å². The summed E-state index contributed by atoms with van der Waals surface area (Å²) in [5.74, 6) is 1.13. The van der Waals surface area contributed by atoms with E-state index in [4.69, 9.17) is 10.5 Å². The van der Waals surface area contributed by atoms with Crippen molar-refractivity contribution in [1.82, 2.24) is 0 Å². The topological polar surface area (TPSA) is 52.3 Å². The van der Waals surface area contributed by atoms with Crippen LogP contribution in [0.25, 0.3) is 0 Å². The van der Waals surface area contributed by atoms with Gasteiger partial charge in [0.1, 0.15) is 0 Å². The third-order valence-corrected chi connectivity index (χ3v) is 4.62. The van der Waals surface area contributed by atoms with Gasteiger partial charge in [0, 0.05) is 5.54 Å². The van der Waals surface area contributed by atoms with E-state index in [1.807, 2.05) is 27.7 Å². The minimum Gasteiger partial charge on any atom is -0.465 e. The lowest BCUT2D eigenvalue weighted by Gasteiger charge is -2.36. The Balaban J connectivity index is 2.46. The van der Waals surface area contributed by atoms with E-state index in [2.05, 4.69) is 6.92 Å². The van der Waals surface area contributed by atoms with Crippen LogP contribution in [0.2, 0.25) is 0 Å². The van der Waals surface area contributed by atoms with E-state index < -0.39 is 11.0 Å². The number of hydrogen-bond acceptors (Lipinski definition) is 3. The molecule has 3 heteroatoms. The molecule has 0 heterocycles.